The van der Waals surface area contributed by atoms with Gasteiger partial charge in [-0.15, -0.1) is 0 Å². The van der Waals surface area contributed by atoms with E-state index in [0.29, 0.717) is 18.2 Å². The van der Waals surface area contributed by atoms with Crippen LogP contribution in [-0.4, -0.2) is 69.7 Å². The summed E-state index contributed by atoms with van der Waals surface area (Å²) >= 11 is 0. The van der Waals surface area contributed by atoms with E-state index in [9.17, 15) is 8.42 Å². The first-order valence-corrected chi connectivity index (χ1v) is 14.4. The van der Waals surface area contributed by atoms with Crippen LogP contribution in [0.3, 0.4) is 0 Å². The molecule has 4 aromatic heterocycles. The zero-order chi connectivity index (χ0) is 26.6. The maximum atomic E-state index is 11.8. The van der Waals surface area contributed by atoms with Crippen molar-refractivity contribution in [3.05, 3.63) is 42.0 Å². The molecule has 11 heteroatoms. The van der Waals surface area contributed by atoms with Gasteiger partial charge in [0.05, 0.1) is 42.0 Å². The molecule has 1 aliphatic rings. The predicted molar refractivity (Wildman–Crippen MR) is 144 cm³/mol. The number of rotatable bonds is 7. The lowest BCUT2D eigenvalue weighted by Crippen LogP contribution is -2.57. The Balaban J connectivity index is 1.59. The summed E-state index contributed by atoms with van der Waals surface area (Å²) in [4.78, 5) is 12.0. The molecule has 2 atom stereocenters. The monoisotopic (exact) mass is 523 g/mol. The van der Waals surface area contributed by atoms with Crippen molar-refractivity contribution < 1.29 is 13.2 Å². The number of anilines is 1. The highest BCUT2D eigenvalue weighted by Crippen LogP contribution is 2.35. The summed E-state index contributed by atoms with van der Waals surface area (Å²) in [7, 11) is 0.432. The van der Waals surface area contributed by atoms with Gasteiger partial charge in [0.15, 0.2) is 5.82 Å². The number of ether oxygens (including phenoxy) is 1. The van der Waals surface area contributed by atoms with Crippen LogP contribution in [0.15, 0.2) is 30.6 Å². The van der Waals surface area contributed by atoms with Crippen LogP contribution in [-0.2, 0) is 16.9 Å². The average Bonchev–Trinajstić information content (AvgIpc) is 3.43. The Hall–Kier alpha value is -3.47. The SMILES string of the molecule is COc1c(-c2cc3c(cnn3-c3cc(N4C[C@H](CS(C)(=O)=O)[C@H]4C)cc(C(C)C)n3)c(C)n2)cnn1C. The Labute approximate surface area is 217 Å². The van der Waals surface area contributed by atoms with Crippen molar-refractivity contribution >= 4 is 26.4 Å². The van der Waals surface area contributed by atoms with Crippen LogP contribution < -0.4 is 9.64 Å². The van der Waals surface area contributed by atoms with E-state index in [0.717, 1.165) is 39.2 Å². The lowest BCUT2D eigenvalue weighted by Gasteiger charge is -2.48. The van der Waals surface area contributed by atoms with Gasteiger partial charge in [0.1, 0.15) is 9.84 Å². The second-order valence-corrected chi connectivity index (χ2v) is 12.5. The largest absolute Gasteiger partial charge is 0.481 e. The van der Waals surface area contributed by atoms with Crippen LogP contribution >= 0.6 is 0 Å². The highest BCUT2D eigenvalue weighted by atomic mass is 32.2. The van der Waals surface area contributed by atoms with Crippen molar-refractivity contribution in [2.45, 2.75) is 39.7 Å². The van der Waals surface area contributed by atoms with Gasteiger partial charge < -0.3 is 9.64 Å². The van der Waals surface area contributed by atoms with E-state index in [1.807, 2.05) is 37.0 Å². The summed E-state index contributed by atoms with van der Waals surface area (Å²) in [6, 6.07) is 6.25. The van der Waals surface area contributed by atoms with E-state index in [-0.39, 0.29) is 23.6 Å². The number of methoxy groups -OCH3 is 1. The molecular weight excluding hydrogens is 490 g/mol. The highest BCUT2D eigenvalue weighted by Gasteiger charge is 2.38. The second kappa shape index (κ2) is 9.13. The van der Waals surface area contributed by atoms with Gasteiger partial charge in [0, 0.05) is 60.3 Å². The van der Waals surface area contributed by atoms with Gasteiger partial charge in [-0.2, -0.15) is 10.2 Å². The quantitative estimate of drug-likeness (QED) is 0.362. The van der Waals surface area contributed by atoms with E-state index in [2.05, 4.69) is 36.8 Å². The summed E-state index contributed by atoms with van der Waals surface area (Å²) < 4.78 is 32.8. The summed E-state index contributed by atoms with van der Waals surface area (Å²) in [5.41, 5.74) is 5.27. The van der Waals surface area contributed by atoms with Gasteiger partial charge in [-0.25, -0.2) is 22.8 Å². The third kappa shape index (κ3) is 4.56. The van der Waals surface area contributed by atoms with Crippen molar-refractivity contribution in [3.63, 3.8) is 0 Å². The molecule has 4 aromatic rings. The number of pyridine rings is 2. The van der Waals surface area contributed by atoms with E-state index in [1.165, 1.54) is 6.26 Å². The Morgan fingerprint density at radius 1 is 1.14 bits per heavy atom. The normalized spacial score (nSPS) is 18.0. The van der Waals surface area contributed by atoms with Gasteiger partial charge in [-0.1, -0.05) is 13.8 Å². The number of nitrogens with zero attached hydrogens (tertiary/aromatic N) is 7. The first-order valence-electron chi connectivity index (χ1n) is 12.3. The molecule has 5 heterocycles. The smallest absolute Gasteiger partial charge is 0.220 e. The molecule has 0 amide bonds. The minimum absolute atomic E-state index is 0.116. The number of aryl methyl sites for hydroxylation is 2. The molecule has 1 saturated heterocycles. The lowest BCUT2D eigenvalue weighted by molar-refractivity contribution is 0.341. The fraction of sp³-hybridized carbons (Fsp3) is 0.462. The van der Waals surface area contributed by atoms with Crippen LogP contribution in [0, 0.1) is 12.8 Å². The molecule has 0 saturated carbocycles. The highest BCUT2D eigenvalue weighted by molar-refractivity contribution is 7.90. The lowest BCUT2D eigenvalue weighted by atomic mass is 9.90. The van der Waals surface area contributed by atoms with Crippen LogP contribution in [0.4, 0.5) is 5.69 Å². The molecule has 10 nitrogen and oxygen atoms in total. The van der Waals surface area contributed by atoms with Crippen molar-refractivity contribution in [1.82, 2.24) is 29.5 Å². The summed E-state index contributed by atoms with van der Waals surface area (Å²) in [6.45, 7) is 8.98. The first-order chi connectivity index (χ1) is 17.5. The van der Waals surface area contributed by atoms with E-state index in [4.69, 9.17) is 19.8 Å². The van der Waals surface area contributed by atoms with Crippen LogP contribution in [0.5, 0.6) is 5.88 Å². The molecule has 0 spiro atoms. The Kier molecular flexibility index (Phi) is 6.21. The molecule has 1 fully saturated rings. The maximum absolute atomic E-state index is 11.8. The number of fused-ring (bicyclic) bond motifs is 1. The molecule has 0 aliphatic carbocycles. The standard InChI is InChI=1S/C26H33N7O3S/c1-15(2)22-8-19(32-13-18(17(32)4)14-37(7,34)35)9-25(30-22)33-24-10-23(29-16(3)20(24)11-28-33)21-12-27-31(5)26(21)36-6/h8-12,15,17-18H,13-14H2,1-7H3/t17-,18-/m1/s1. The third-order valence-corrected chi connectivity index (χ3v) is 8.22. The maximum Gasteiger partial charge on any atom is 0.220 e. The number of hydrogen-bond donors (Lipinski definition) is 0. The number of aromatic nitrogens is 6. The molecule has 0 aromatic carbocycles. The summed E-state index contributed by atoms with van der Waals surface area (Å²) in [5.74, 6) is 1.88. The zero-order valence-electron chi connectivity index (χ0n) is 22.3. The van der Waals surface area contributed by atoms with E-state index >= 15 is 0 Å². The summed E-state index contributed by atoms with van der Waals surface area (Å²) in [5, 5.41) is 9.97. The van der Waals surface area contributed by atoms with E-state index in [1.54, 1.807) is 18.0 Å². The number of sulfone groups is 1. The Morgan fingerprint density at radius 2 is 1.89 bits per heavy atom. The van der Waals surface area contributed by atoms with Gasteiger partial charge in [0.25, 0.3) is 0 Å². The van der Waals surface area contributed by atoms with Crippen molar-refractivity contribution in [1.29, 1.82) is 0 Å². The van der Waals surface area contributed by atoms with Crippen molar-refractivity contribution in [3.8, 4) is 23.0 Å². The van der Waals surface area contributed by atoms with E-state index < -0.39 is 9.84 Å². The Bertz CT molecular complexity index is 1590. The van der Waals surface area contributed by atoms with Gasteiger partial charge in [-0.3, -0.25) is 4.98 Å². The Morgan fingerprint density at radius 3 is 2.54 bits per heavy atom. The predicted octanol–water partition coefficient (Wildman–Crippen LogP) is 3.53. The average molecular weight is 524 g/mol. The second-order valence-electron chi connectivity index (χ2n) is 10.3. The first kappa shape index (κ1) is 25.2. The molecule has 37 heavy (non-hydrogen) atoms. The molecular formula is C26H33N7O3S. The van der Waals surface area contributed by atoms with Crippen molar-refractivity contribution in [2.75, 3.05) is 30.6 Å². The molecule has 0 radical (unpaired) electrons. The molecule has 5 rings (SSSR count). The van der Waals surface area contributed by atoms with Crippen LogP contribution in [0.1, 0.15) is 38.1 Å². The van der Waals surface area contributed by atoms with Gasteiger partial charge >= 0.3 is 0 Å². The van der Waals surface area contributed by atoms with Gasteiger partial charge in [0.2, 0.25) is 5.88 Å². The molecule has 0 N–H and O–H groups in total. The van der Waals surface area contributed by atoms with Gasteiger partial charge in [-0.05, 0) is 31.9 Å². The zero-order valence-corrected chi connectivity index (χ0v) is 23.1. The molecule has 1 aliphatic heterocycles. The van der Waals surface area contributed by atoms with Crippen molar-refractivity contribution in [2.24, 2.45) is 13.0 Å². The molecule has 0 bridgehead atoms. The minimum Gasteiger partial charge on any atom is -0.481 e. The minimum atomic E-state index is -3.02. The fourth-order valence-electron chi connectivity index (χ4n) is 5.04. The fourth-order valence-corrected chi connectivity index (χ4v) is 6.21. The van der Waals surface area contributed by atoms with Crippen LogP contribution in [0.2, 0.25) is 0 Å². The van der Waals surface area contributed by atoms with Crippen LogP contribution in [0.25, 0.3) is 28.0 Å². The molecule has 0 unspecified atom stereocenters. The summed E-state index contributed by atoms with van der Waals surface area (Å²) in [6.07, 6.45) is 4.87. The third-order valence-electron chi connectivity index (χ3n) is 7.19. The number of hydrogen-bond acceptors (Lipinski definition) is 8. The topological polar surface area (TPSA) is 108 Å². The molecule has 196 valence electrons.